The number of imidazole rings is 1. The average Bonchev–Trinajstić information content (AvgIpc) is 2.97. The second-order valence-corrected chi connectivity index (χ2v) is 4.94. The molecule has 0 saturated carbocycles. The summed E-state index contributed by atoms with van der Waals surface area (Å²) < 4.78 is 44.0. The molecule has 0 bridgehead atoms. The molecule has 0 spiro atoms. The molecule has 0 aliphatic rings. The molecule has 2 rings (SSSR count). The molecule has 0 radical (unpaired) electrons. The molecule has 1 amide bonds. The Balaban J connectivity index is 2.36. The number of nitrogens with two attached hydrogens (primary N) is 1. The van der Waals surface area contributed by atoms with E-state index in [9.17, 15) is 28.1 Å². The van der Waals surface area contributed by atoms with Gasteiger partial charge in [-0.3, -0.25) is 4.79 Å². The zero-order valence-electron chi connectivity index (χ0n) is 12.7. The van der Waals surface area contributed by atoms with E-state index in [4.69, 9.17) is 10.5 Å². The third-order valence-corrected chi connectivity index (χ3v) is 3.11. The maximum atomic E-state index is 12.8. The van der Waals surface area contributed by atoms with E-state index in [0.717, 1.165) is 0 Å². The Kier molecular flexibility index (Phi) is 5.25. The summed E-state index contributed by atoms with van der Waals surface area (Å²) in [4.78, 5) is 25.1. The summed E-state index contributed by atoms with van der Waals surface area (Å²) in [5.74, 6) is -0.923. The first-order valence-corrected chi connectivity index (χ1v) is 7.02. The van der Waals surface area contributed by atoms with Crippen LogP contribution in [0.3, 0.4) is 0 Å². The van der Waals surface area contributed by atoms with E-state index >= 15 is 0 Å². The van der Waals surface area contributed by atoms with Gasteiger partial charge in [-0.25, -0.2) is 15.1 Å². The van der Waals surface area contributed by atoms with Gasteiger partial charge in [0, 0.05) is 6.42 Å². The smallest absolute Gasteiger partial charge is 0.435 e. The highest BCUT2D eigenvalue weighted by Crippen LogP contribution is 2.34. The molecule has 11 heteroatoms. The molecule has 0 fully saturated rings. The van der Waals surface area contributed by atoms with Gasteiger partial charge in [-0.15, -0.1) is 0 Å². The molecule has 8 nitrogen and oxygen atoms in total. The number of carbonyl (C=O) groups excluding carboxylic acids is 1. The predicted octanol–water partition coefficient (Wildman–Crippen LogP) is 2.25. The molecule has 25 heavy (non-hydrogen) atoms. The third-order valence-electron chi connectivity index (χ3n) is 3.11. The number of primary amides is 1. The van der Waals surface area contributed by atoms with Crippen LogP contribution in [0.15, 0.2) is 30.5 Å². The van der Waals surface area contributed by atoms with E-state index in [-0.39, 0.29) is 29.0 Å². The highest BCUT2D eigenvalue weighted by atomic mass is 19.4. The highest BCUT2D eigenvalue weighted by molar-refractivity contribution is 5.73. The van der Waals surface area contributed by atoms with Crippen molar-refractivity contribution < 1.29 is 27.7 Å². The molecule has 1 aromatic heterocycles. The van der Waals surface area contributed by atoms with Gasteiger partial charge in [0.15, 0.2) is 10.7 Å². The van der Waals surface area contributed by atoms with Crippen LogP contribution >= 0.6 is 0 Å². The number of hydrogen-bond donors (Lipinski definition) is 1. The molecule has 2 aromatic rings. The molecule has 0 saturated heterocycles. The minimum atomic E-state index is -4.83. The second kappa shape index (κ2) is 7.20. The number of ether oxygens (including phenoxy) is 1. The van der Waals surface area contributed by atoms with E-state index < -0.39 is 28.6 Å². The van der Waals surface area contributed by atoms with Gasteiger partial charge >= 0.3 is 6.18 Å². The van der Waals surface area contributed by atoms with Crippen LogP contribution in [0, 0.1) is 10.1 Å². The fraction of sp³-hybridized carbons (Fsp3) is 0.286. The molecule has 134 valence electrons. The van der Waals surface area contributed by atoms with E-state index in [2.05, 4.69) is 4.98 Å². The summed E-state index contributed by atoms with van der Waals surface area (Å²) in [6.45, 7) is 0.0608. The van der Waals surface area contributed by atoms with Crippen LogP contribution in [-0.4, -0.2) is 27.2 Å². The van der Waals surface area contributed by atoms with E-state index in [1.165, 1.54) is 18.2 Å². The van der Waals surface area contributed by atoms with Gasteiger partial charge in [0.2, 0.25) is 11.7 Å². The second-order valence-electron chi connectivity index (χ2n) is 4.94. The van der Waals surface area contributed by atoms with Crippen LogP contribution in [-0.2, 0) is 11.0 Å². The average molecular weight is 358 g/mol. The lowest BCUT2D eigenvalue weighted by atomic mass is 10.2. The van der Waals surface area contributed by atoms with Gasteiger partial charge < -0.3 is 10.5 Å². The topological polar surface area (TPSA) is 113 Å². The van der Waals surface area contributed by atoms with Gasteiger partial charge in [0.25, 0.3) is 0 Å². The first-order chi connectivity index (χ1) is 11.7. The van der Waals surface area contributed by atoms with Crippen molar-refractivity contribution in [2.24, 2.45) is 5.73 Å². The fourth-order valence-electron chi connectivity index (χ4n) is 2.02. The number of halogens is 3. The van der Waals surface area contributed by atoms with Crippen molar-refractivity contribution in [1.29, 1.82) is 0 Å². The number of amides is 1. The lowest BCUT2D eigenvalue weighted by Crippen LogP contribution is -2.12. The Labute approximate surface area is 139 Å². The zero-order valence-corrected chi connectivity index (χ0v) is 12.7. The van der Waals surface area contributed by atoms with Crippen molar-refractivity contribution in [3.63, 3.8) is 0 Å². The molecule has 0 atom stereocenters. The standard InChI is InChI=1S/C14H13F3N4O4/c15-14(16,17)11-8-20(21(23)24)13(19-11)9-4-1-2-5-10(9)25-7-3-6-12(18)22/h1-2,4-5,8H,3,6-7H2,(H2,18,22). The molecule has 1 aromatic carbocycles. The van der Waals surface area contributed by atoms with Crippen molar-refractivity contribution >= 4 is 5.91 Å². The normalized spacial score (nSPS) is 11.3. The fourth-order valence-corrected chi connectivity index (χ4v) is 2.02. The van der Waals surface area contributed by atoms with E-state index in [1.807, 2.05) is 0 Å². The Bertz CT molecular complexity index is 789. The van der Waals surface area contributed by atoms with Gasteiger partial charge in [-0.1, -0.05) is 12.1 Å². The summed E-state index contributed by atoms with van der Waals surface area (Å²) in [6.07, 6.45) is -4.16. The molecule has 1 heterocycles. The number of aromatic nitrogens is 2. The number of carbonyl (C=O) groups is 1. The summed E-state index contributed by atoms with van der Waals surface area (Å²) in [7, 11) is 0. The van der Waals surface area contributed by atoms with Gasteiger partial charge in [-0.05, 0) is 23.2 Å². The predicted molar refractivity (Wildman–Crippen MR) is 79.0 cm³/mol. The molecule has 0 aliphatic carbocycles. The van der Waals surface area contributed by atoms with Gasteiger partial charge in [0.05, 0.1) is 12.2 Å². The van der Waals surface area contributed by atoms with Crippen LogP contribution in [0.5, 0.6) is 5.75 Å². The van der Waals surface area contributed by atoms with Crippen molar-refractivity contribution in [3.8, 4) is 17.1 Å². The molecular formula is C14H13F3N4O4. The summed E-state index contributed by atoms with van der Waals surface area (Å²) in [5.41, 5.74) is 3.64. The van der Waals surface area contributed by atoms with Crippen LogP contribution in [0.25, 0.3) is 11.4 Å². The van der Waals surface area contributed by atoms with Crippen LogP contribution in [0.4, 0.5) is 13.2 Å². The van der Waals surface area contributed by atoms with Crippen molar-refractivity contribution in [1.82, 2.24) is 9.66 Å². The van der Waals surface area contributed by atoms with Crippen LogP contribution in [0.1, 0.15) is 18.5 Å². The quantitative estimate of drug-likeness (QED) is 0.463. The Morgan fingerprint density at radius 2 is 2.04 bits per heavy atom. The molecule has 0 unspecified atom stereocenters. The maximum absolute atomic E-state index is 12.8. The summed E-state index contributed by atoms with van der Waals surface area (Å²) in [5, 5.41) is 10.0. The van der Waals surface area contributed by atoms with Crippen LogP contribution < -0.4 is 10.5 Å². The minimum absolute atomic E-state index is 0.0220. The number of benzene rings is 1. The first kappa shape index (κ1) is 18.2. The van der Waals surface area contributed by atoms with E-state index in [0.29, 0.717) is 12.6 Å². The number of nitro groups is 1. The van der Waals surface area contributed by atoms with Gasteiger partial charge in [0.1, 0.15) is 11.9 Å². The largest absolute Gasteiger partial charge is 0.493 e. The van der Waals surface area contributed by atoms with Gasteiger partial charge in [-0.2, -0.15) is 13.2 Å². The monoisotopic (exact) mass is 358 g/mol. The first-order valence-electron chi connectivity index (χ1n) is 7.02. The number of hydrogen-bond acceptors (Lipinski definition) is 5. The summed E-state index contributed by atoms with van der Waals surface area (Å²) in [6, 6.07) is 5.83. The lowest BCUT2D eigenvalue weighted by molar-refractivity contribution is -0.540. The Morgan fingerprint density at radius 1 is 1.36 bits per heavy atom. The van der Waals surface area contributed by atoms with Crippen molar-refractivity contribution in [2.45, 2.75) is 19.0 Å². The number of para-hydroxylation sites is 1. The molecular weight excluding hydrogens is 345 g/mol. The number of rotatable bonds is 7. The number of alkyl halides is 3. The lowest BCUT2D eigenvalue weighted by Gasteiger charge is -2.09. The van der Waals surface area contributed by atoms with Crippen molar-refractivity contribution in [2.75, 3.05) is 6.61 Å². The molecule has 0 aliphatic heterocycles. The highest BCUT2D eigenvalue weighted by Gasteiger charge is 2.37. The van der Waals surface area contributed by atoms with Crippen LogP contribution in [0.2, 0.25) is 0 Å². The summed E-state index contributed by atoms with van der Waals surface area (Å²) >= 11 is 0. The SMILES string of the molecule is NC(=O)CCCOc1ccccc1-c1nc(C(F)(F)F)cn1[N+](=O)[O-]. The minimum Gasteiger partial charge on any atom is -0.493 e. The third kappa shape index (κ3) is 4.46. The maximum Gasteiger partial charge on any atom is 0.435 e. The molecule has 2 N–H and O–H groups in total. The number of nitrogens with zero attached hydrogens (tertiary/aromatic N) is 3. The van der Waals surface area contributed by atoms with Crippen molar-refractivity contribution in [3.05, 3.63) is 46.3 Å². The Morgan fingerprint density at radius 3 is 2.64 bits per heavy atom. The Hall–Kier alpha value is -3.11. The zero-order chi connectivity index (χ0) is 18.6. The van der Waals surface area contributed by atoms with E-state index in [1.54, 1.807) is 6.07 Å².